The first-order valence-electron chi connectivity index (χ1n) is 4.06. The van der Waals surface area contributed by atoms with E-state index in [1.165, 1.54) is 0 Å². The maximum absolute atomic E-state index is 12.7. The first-order valence-corrected chi connectivity index (χ1v) is 4.06. The van der Waals surface area contributed by atoms with Crippen molar-refractivity contribution in [2.24, 2.45) is 0 Å². The number of halogens is 2. The van der Waals surface area contributed by atoms with Crippen LogP contribution in [0.3, 0.4) is 0 Å². The predicted molar refractivity (Wildman–Crippen MR) is 42.6 cm³/mol. The number of esters is 1. The van der Waals surface area contributed by atoms with Gasteiger partial charge in [0.05, 0.1) is 6.54 Å². The summed E-state index contributed by atoms with van der Waals surface area (Å²) in [7, 11) is 0. The predicted octanol–water partition coefficient (Wildman–Crippen LogP) is 0.935. The summed E-state index contributed by atoms with van der Waals surface area (Å²) < 4.78 is 30.1. The van der Waals surface area contributed by atoms with Crippen LogP contribution in [-0.2, 0) is 9.53 Å². The van der Waals surface area contributed by atoms with Gasteiger partial charge < -0.3 is 4.74 Å². The monoisotopic (exact) mass is 193 g/mol. The fourth-order valence-corrected chi connectivity index (χ4v) is 0.975. The Morgan fingerprint density at radius 3 is 2.31 bits per heavy atom. The highest BCUT2D eigenvalue weighted by Gasteiger charge is 2.54. The van der Waals surface area contributed by atoms with Gasteiger partial charge >= 0.3 is 5.97 Å². The van der Waals surface area contributed by atoms with E-state index in [2.05, 4.69) is 5.32 Å². The molecule has 76 valence electrons. The number of carbonyl (C=O) groups is 1. The van der Waals surface area contributed by atoms with Gasteiger partial charge in [-0.3, -0.25) is 10.1 Å². The molecule has 1 unspecified atom stereocenters. The molecule has 0 spiro atoms. The molecule has 0 bridgehead atoms. The fraction of sp³-hybridized carbons (Fsp3) is 0.875. The van der Waals surface area contributed by atoms with Crippen LogP contribution in [0.1, 0.15) is 20.8 Å². The Morgan fingerprint density at radius 1 is 1.54 bits per heavy atom. The maximum atomic E-state index is 12.7. The number of hydrogen-bond donors (Lipinski definition) is 1. The lowest BCUT2D eigenvalue weighted by atomic mass is 10.0. The van der Waals surface area contributed by atoms with Gasteiger partial charge in [0.1, 0.15) is 5.60 Å². The van der Waals surface area contributed by atoms with Crippen LogP contribution >= 0.6 is 0 Å². The average Bonchev–Trinajstić information content (AvgIpc) is 1.80. The second-order valence-electron chi connectivity index (χ2n) is 4.11. The third-order valence-corrected chi connectivity index (χ3v) is 1.61. The van der Waals surface area contributed by atoms with Gasteiger partial charge in [-0.2, -0.15) is 0 Å². The molecule has 0 aliphatic carbocycles. The third kappa shape index (κ3) is 2.37. The standard InChI is InChI=1S/C8H13F2NO2/c1-7(2,3)13-6(12)5-8(9,10)4-11-5/h5,11H,4H2,1-3H3. The van der Waals surface area contributed by atoms with E-state index in [0.29, 0.717) is 0 Å². The zero-order chi connectivity index (χ0) is 10.3. The number of ether oxygens (including phenoxy) is 1. The topological polar surface area (TPSA) is 38.3 Å². The van der Waals surface area contributed by atoms with Crippen molar-refractivity contribution in [3.63, 3.8) is 0 Å². The molecule has 0 amide bonds. The normalized spacial score (nSPS) is 26.4. The molecule has 1 fully saturated rings. The van der Waals surface area contributed by atoms with Crippen molar-refractivity contribution in [2.45, 2.75) is 38.3 Å². The molecule has 0 radical (unpaired) electrons. The van der Waals surface area contributed by atoms with Crippen molar-refractivity contribution >= 4 is 5.97 Å². The second kappa shape index (κ2) is 2.90. The molecule has 1 saturated heterocycles. The molecular formula is C8H13F2NO2. The summed E-state index contributed by atoms with van der Waals surface area (Å²) >= 11 is 0. The van der Waals surface area contributed by atoms with E-state index in [1.54, 1.807) is 20.8 Å². The van der Waals surface area contributed by atoms with Crippen LogP contribution in [0.25, 0.3) is 0 Å². The van der Waals surface area contributed by atoms with E-state index in [4.69, 9.17) is 4.74 Å². The van der Waals surface area contributed by atoms with Gasteiger partial charge in [0.2, 0.25) is 0 Å². The Balaban J connectivity index is 2.50. The van der Waals surface area contributed by atoms with Gasteiger partial charge in [-0.25, -0.2) is 8.78 Å². The molecule has 1 heterocycles. The summed E-state index contributed by atoms with van der Waals surface area (Å²) in [6.07, 6.45) is 0. The largest absolute Gasteiger partial charge is 0.459 e. The molecule has 0 aromatic carbocycles. The van der Waals surface area contributed by atoms with E-state index < -0.39 is 30.1 Å². The zero-order valence-electron chi connectivity index (χ0n) is 7.86. The summed E-state index contributed by atoms with van der Waals surface area (Å²) in [5.74, 6) is -3.84. The molecule has 0 saturated carbocycles. The first kappa shape index (κ1) is 10.4. The molecule has 5 heteroatoms. The Labute approximate surface area is 75.4 Å². The lowest BCUT2D eigenvalue weighted by molar-refractivity contribution is -0.179. The van der Waals surface area contributed by atoms with Crippen molar-refractivity contribution < 1.29 is 18.3 Å². The smallest absolute Gasteiger partial charge is 0.330 e. The average molecular weight is 193 g/mol. The van der Waals surface area contributed by atoms with Gasteiger partial charge in [-0.05, 0) is 20.8 Å². The Morgan fingerprint density at radius 2 is 2.08 bits per heavy atom. The van der Waals surface area contributed by atoms with Crippen LogP contribution in [0, 0.1) is 0 Å². The van der Waals surface area contributed by atoms with Crippen LogP contribution in [0.5, 0.6) is 0 Å². The second-order valence-corrected chi connectivity index (χ2v) is 4.11. The number of rotatable bonds is 1. The van der Waals surface area contributed by atoms with Crippen LogP contribution in [0.2, 0.25) is 0 Å². The molecule has 3 nitrogen and oxygen atoms in total. The summed E-state index contributed by atoms with van der Waals surface area (Å²) in [4.78, 5) is 11.1. The summed E-state index contributed by atoms with van der Waals surface area (Å²) in [6, 6.07) is -1.47. The molecule has 13 heavy (non-hydrogen) atoms. The molecule has 1 N–H and O–H groups in total. The Hall–Kier alpha value is -0.710. The van der Waals surface area contributed by atoms with Crippen LogP contribution in [0.15, 0.2) is 0 Å². The highest BCUT2D eigenvalue weighted by atomic mass is 19.3. The zero-order valence-corrected chi connectivity index (χ0v) is 7.86. The lowest BCUT2D eigenvalue weighted by Crippen LogP contribution is -2.67. The van der Waals surface area contributed by atoms with Gasteiger partial charge in [0.15, 0.2) is 6.04 Å². The highest BCUT2D eigenvalue weighted by molar-refractivity contribution is 5.78. The van der Waals surface area contributed by atoms with E-state index in [0.717, 1.165) is 0 Å². The van der Waals surface area contributed by atoms with E-state index >= 15 is 0 Å². The molecule has 0 aromatic heterocycles. The van der Waals surface area contributed by atoms with E-state index in [-0.39, 0.29) is 0 Å². The highest BCUT2D eigenvalue weighted by Crippen LogP contribution is 2.27. The van der Waals surface area contributed by atoms with Crippen molar-refractivity contribution in [2.75, 3.05) is 6.54 Å². The summed E-state index contributed by atoms with van der Waals surface area (Å²) in [5.41, 5.74) is -0.718. The van der Waals surface area contributed by atoms with Crippen molar-refractivity contribution in [1.29, 1.82) is 0 Å². The van der Waals surface area contributed by atoms with Crippen molar-refractivity contribution in [3.05, 3.63) is 0 Å². The molecule has 1 aliphatic heterocycles. The van der Waals surface area contributed by atoms with Crippen molar-refractivity contribution in [3.8, 4) is 0 Å². The van der Waals surface area contributed by atoms with Gasteiger partial charge in [-0.15, -0.1) is 0 Å². The fourth-order valence-electron chi connectivity index (χ4n) is 0.975. The molecule has 1 atom stereocenters. The van der Waals surface area contributed by atoms with Crippen LogP contribution in [-0.4, -0.2) is 30.1 Å². The van der Waals surface area contributed by atoms with Gasteiger partial charge in [0, 0.05) is 0 Å². The molecule has 1 aliphatic rings. The quantitative estimate of drug-likeness (QED) is 0.630. The van der Waals surface area contributed by atoms with Crippen LogP contribution < -0.4 is 5.32 Å². The van der Waals surface area contributed by atoms with Crippen LogP contribution in [0.4, 0.5) is 8.78 Å². The minimum Gasteiger partial charge on any atom is -0.459 e. The summed E-state index contributed by atoms with van der Waals surface area (Å²) in [5, 5.41) is 2.33. The number of nitrogens with one attached hydrogen (secondary N) is 1. The summed E-state index contributed by atoms with van der Waals surface area (Å²) in [6.45, 7) is 4.47. The molecule has 1 rings (SSSR count). The van der Waals surface area contributed by atoms with E-state index in [9.17, 15) is 13.6 Å². The number of hydrogen-bond acceptors (Lipinski definition) is 3. The SMILES string of the molecule is CC(C)(C)OC(=O)C1NCC1(F)F. The Bertz CT molecular complexity index is 223. The number of alkyl halides is 2. The van der Waals surface area contributed by atoms with E-state index in [1.807, 2.05) is 0 Å². The van der Waals surface area contributed by atoms with Crippen molar-refractivity contribution in [1.82, 2.24) is 5.32 Å². The first-order chi connectivity index (χ1) is 5.72. The Kier molecular flexibility index (Phi) is 2.32. The van der Waals surface area contributed by atoms with Gasteiger partial charge in [0.25, 0.3) is 5.92 Å². The lowest BCUT2D eigenvalue weighted by Gasteiger charge is -2.37. The third-order valence-electron chi connectivity index (χ3n) is 1.61. The van der Waals surface area contributed by atoms with Gasteiger partial charge in [-0.1, -0.05) is 0 Å². The molecular weight excluding hydrogens is 180 g/mol. The minimum absolute atomic E-state index is 0.448. The molecule has 0 aromatic rings. The minimum atomic E-state index is -2.96. The number of carbonyl (C=O) groups excluding carboxylic acids is 1. The maximum Gasteiger partial charge on any atom is 0.330 e.